The highest BCUT2D eigenvalue weighted by molar-refractivity contribution is 6.32. The number of carboxylic acid groups (broad SMARTS) is 2. The summed E-state index contributed by atoms with van der Waals surface area (Å²) in [7, 11) is 0. The first kappa shape index (κ1) is 26.6. The highest BCUT2D eigenvalue weighted by Crippen LogP contribution is 2.27. The molecule has 2 heterocycles. The first-order chi connectivity index (χ1) is 15.2. The maximum absolute atomic E-state index is 10.7. The molecule has 1 saturated heterocycles. The summed E-state index contributed by atoms with van der Waals surface area (Å²) in [5.41, 5.74) is 2.95. The van der Waals surface area contributed by atoms with E-state index in [0.717, 1.165) is 30.0 Å². The van der Waals surface area contributed by atoms with Crippen molar-refractivity contribution >= 4 is 23.5 Å². The first-order valence-electron chi connectivity index (χ1n) is 10.00. The van der Waals surface area contributed by atoms with E-state index in [2.05, 4.69) is 26.1 Å². The molecule has 1 aromatic carbocycles. The Balaban J connectivity index is 0.000000479. The van der Waals surface area contributed by atoms with E-state index in [1.54, 1.807) is 0 Å². The third-order valence-electron chi connectivity index (χ3n) is 4.74. The summed E-state index contributed by atoms with van der Waals surface area (Å²) in [6, 6.07) is 7.98. The molecule has 1 aliphatic rings. The number of benzene rings is 1. The van der Waals surface area contributed by atoms with E-state index in [9.17, 15) is 18.0 Å². The summed E-state index contributed by atoms with van der Waals surface area (Å²) in [6.45, 7) is 8.76. The number of hydrogen-bond acceptors (Lipinski definition) is 5. The van der Waals surface area contributed by atoms with Crippen LogP contribution < -0.4 is 5.32 Å². The van der Waals surface area contributed by atoms with Crippen molar-refractivity contribution in [2.45, 2.75) is 44.9 Å². The SMILES string of the molecule is CC(C)(C)c1nn(-c2ccccc2Cl)cc1CNC1CN(CC(=O)O)C1.O=C(O)C(F)(F)F. The van der Waals surface area contributed by atoms with Gasteiger partial charge in [0.2, 0.25) is 0 Å². The van der Waals surface area contributed by atoms with Crippen molar-refractivity contribution in [3.8, 4) is 5.69 Å². The van der Waals surface area contributed by atoms with Gasteiger partial charge in [0.15, 0.2) is 0 Å². The van der Waals surface area contributed by atoms with Crippen LogP contribution in [0.3, 0.4) is 0 Å². The molecule has 1 aliphatic heterocycles. The molecular weight excluding hydrogens is 465 g/mol. The van der Waals surface area contributed by atoms with E-state index < -0.39 is 18.1 Å². The number of para-hydroxylation sites is 1. The highest BCUT2D eigenvalue weighted by Gasteiger charge is 2.38. The van der Waals surface area contributed by atoms with Crippen LogP contribution in [0.4, 0.5) is 13.2 Å². The van der Waals surface area contributed by atoms with Gasteiger partial charge in [0, 0.05) is 42.9 Å². The number of hydrogen-bond donors (Lipinski definition) is 3. The van der Waals surface area contributed by atoms with E-state index in [0.29, 0.717) is 17.6 Å². The number of aromatic nitrogens is 2. The van der Waals surface area contributed by atoms with Crippen molar-refractivity contribution in [3.63, 3.8) is 0 Å². The molecule has 3 N–H and O–H groups in total. The fourth-order valence-corrected chi connectivity index (χ4v) is 3.43. The zero-order valence-electron chi connectivity index (χ0n) is 18.4. The van der Waals surface area contributed by atoms with Crippen LogP contribution in [-0.2, 0) is 21.5 Å². The molecule has 3 rings (SSSR count). The predicted molar refractivity (Wildman–Crippen MR) is 116 cm³/mol. The van der Waals surface area contributed by atoms with Crippen LogP contribution in [0.1, 0.15) is 32.0 Å². The Kier molecular flexibility index (Phi) is 8.50. The Morgan fingerprint density at radius 1 is 1.18 bits per heavy atom. The van der Waals surface area contributed by atoms with Crippen molar-refractivity contribution in [1.82, 2.24) is 20.0 Å². The average Bonchev–Trinajstić information content (AvgIpc) is 3.07. The van der Waals surface area contributed by atoms with Crippen molar-refractivity contribution in [1.29, 1.82) is 0 Å². The number of carboxylic acids is 2. The lowest BCUT2D eigenvalue weighted by Crippen LogP contribution is -2.58. The van der Waals surface area contributed by atoms with Gasteiger partial charge in [-0.1, -0.05) is 44.5 Å². The Labute approximate surface area is 193 Å². The van der Waals surface area contributed by atoms with Gasteiger partial charge in [0.25, 0.3) is 0 Å². The molecule has 0 unspecified atom stereocenters. The largest absolute Gasteiger partial charge is 0.490 e. The Morgan fingerprint density at radius 3 is 2.24 bits per heavy atom. The zero-order chi connectivity index (χ0) is 25.0. The van der Waals surface area contributed by atoms with Gasteiger partial charge in [0.1, 0.15) is 0 Å². The lowest BCUT2D eigenvalue weighted by Gasteiger charge is -2.38. The van der Waals surface area contributed by atoms with Crippen LogP contribution in [0.2, 0.25) is 5.02 Å². The third-order valence-corrected chi connectivity index (χ3v) is 5.06. The van der Waals surface area contributed by atoms with Crippen LogP contribution in [-0.4, -0.2) is 68.7 Å². The summed E-state index contributed by atoms with van der Waals surface area (Å²) in [6.07, 6.45) is -3.05. The minimum absolute atomic E-state index is 0.0848. The molecule has 8 nitrogen and oxygen atoms in total. The van der Waals surface area contributed by atoms with Crippen LogP contribution in [0.5, 0.6) is 0 Å². The summed E-state index contributed by atoms with van der Waals surface area (Å²) in [5.74, 6) is -3.54. The maximum atomic E-state index is 10.7. The van der Waals surface area contributed by atoms with Crippen molar-refractivity contribution in [2.75, 3.05) is 19.6 Å². The molecule has 0 saturated carbocycles. The zero-order valence-corrected chi connectivity index (χ0v) is 19.1. The summed E-state index contributed by atoms with van der Waals surface area (Å²) < 4.78 is 33.6. The quantitative estimate of drug-likeness (QED) is 0.570. The topological polar surface area (TPSA) is 108 Å². The Morgan fingerprint density at radius 2 is 1.76 bits per heavy atom. The third kappa shape index (κ3) is 7.72. The Bertz CT molecular complexity index is 983. The molecule has 2 aromatic rings. The Hall–Kier alpha value is -2.63. The van der Waals surface area contributed by atoms with Crippen molar-refractivity contribution in [2.24, 2.45) is 0 Å². The molecule has 12 heteroatoms. The first-order valence-corrected chi connectivity index (χ1v) is 10.4. The lowest BCUT2D eigenvalue weighted by atomic mass is 9.89. The molecule has 0 bridgehead atoms. The van der Waals surface area contributed by atoms with Gasteiger partial charge in [-0.05, 0) is 12.1 Å². The predicted octanol–water partition coefficient (Wildman–Crippen LogP) is 3.31. The normalized spacial score (nSPS) is 14.9. The van der Waals surface area contributed by atoms with Crippen LogP contribution in [0.25, 0.3) is 5.69 Å². The molecule has 0 aliphatic carbocycles. The van der Waals surface area contributed by atoms with Gasteiger partial charge in [-0.25, -0.2) is 9.48 Å². The van der Waals surface area contributed by atoms with Crippen LogP contribution in [0, 0.1) is 0 Å². The maximum Gasteiger partial charge on any atom is 0.490 e. The second-order valence-corrected chi connectivity index (χ2v) is 9.02. The van der Waals surface area contributed by atoms with E-state index in [1.807, 2.05) is 40.0 Å². The van der Waals surface area contributed by atoms with E-state index in [4.69, 9.17) is 31.7 Å². The minimum Gasteiger partial charge on any atom is -0.480 e. The van der Waals surface area contributed by atoms with E-state index in [-0.39, 0.29) is 12.0 Å². The van der Waals surface area contributed by atoms with Gasteiger partial charge in [-0.15, -0.1) is 0 Å². The lowest BCUT2D eigenvalue weighted by molar-refractivity contribution is -0.192. The highest BCUT2D eigenvalue weighted by atomic mass is 35.5. The number of alkyl halides is 3. The van der Waals surface area contributed by atoms with Gasteiger partial charge in [-0.3, -0.25) is 9.69 Å². The number of halogens is 4. The van der Waals surface area contributed by atoms with E-state index in [1.165, 1.54) is 0 Å². The fraction of sp³-hybridized carbons (Fsp3) is 0.476. The summed E-state index contributed by atoms with van der Waals surface area (Å²) in [4.78, 5) is 21.5. The fourth-order valence-electron chi connectivity index (χ4n) is 3.21. The van der Waals surface area contributed by atoms with Gasteiger partial charge >= 0.3 is 18.1 Å². The second-order valence-electron chi connectivity index (χ2n) is 8.62. The standard InChI is InChI=1S/C19H25ClN4O2.C2HF3O2/c1-19(2,3)18-13(8-21-14-10-23(11-14)12-17(25)26)9-24(22-18)16-7-5-4-6-15(16)20;3-2(4,5)1(6)7/h4-7,9,14,21H,8,10-12H2,1-3H3,(H,25,26);(H,6,7). The van der Waals surface area contributed by atoms with Crippen LogP contribution in [0.15, 0.2) is 30.5 Å². The number of likely N-dealkylation sites (tertiary alicyclic amines) is 1. The molecule has 1 aromatic heterocycles. The molecule has 33 heavy (non-hydrogen) atoms. The number of aliphatic carboxylic acids is 2. The minimum atomic E-state index is -5.08. The average molecular weight is 491 g/mol. The molecule has 1 fully saturated rings. The number of nitrogens with one attached hydrogen (secondary N) is 1. The van der Waals surface area contributed by atoms with Gasteiger partial charge < -0.3 is 15.5 Å². The second kappa shape index (κ2) is 10.5. The number of carbonyl (C=O) groups is 2. The monoisotopic (exact) mass is 490 g/mol. The van der Waals surface area contributed by atoms with E-state index >= 15 is 0 Å². The van der Waals surface area contributed by atoms with Crippen LogP contribution >= 0.6 is 11.6 Å². The smallest absolute Gasteiger partial charge is 0.480 e. The number of rotatable bonds is 6. The van der Waals surface area contributed by atoms with Gasteiger partial charge in [-0.2, -0.15) is 18.3 Å². The molecular formula is C21H26ClF3N4O4. The van der Waals surface area contributed by atoms with Gasteiger partial charge in [0.05, 0.1) is 22.9 Å². The molecule has 0 amide bonds. The van der Waals surface area contributed by atoms with Crippen molar-refractivity contribution < 1.29 is 33.0 Å². The molecule has 0 spiro atoms. The number of nitrogens with zero attached hydrogens (tertiary/aromatic N) is 3. The molecule has 0 radical (unpaired) electrons. The van der Waals surface area contributed by atoms with Crippen molar-refractivity contribution in [3.05, 3.63) is 46.7 Å². The molecule has 182 valence electrons. The summed E-state index contributed by atoms with van der Waals surface area (Å²) >= 11 is 6.32. The summed E-state index contributed by atoms with van der Waals surface area (Å²) in [5, 5.41) is 24.9. The molecule has 0 atom stereocenters.